The van der Waals surface area contributed by atoms with E-state index in [0.29, 0.717) is 22.6 Å². The van der Waals surface area contributed by atoms with Gasteiger partial charge in [0, 0.05) is 11.5 Å². The summed E-state index contributed by atoms with van der Waals surface area (Å²) in [5, 5.41) is 20.5. The number of imide groups is 2. The van der Waals surface area contributed by atoms with Crippen molar-refractivity contribution in [3.05, 3.63) is 137 Å². The monoisotopic (exact) mass is 711 g/mol. The number of aliphatic hydroxyl groups is 1. The molecular formula is C42H37N3O8. The van der Waals surface area contributed by atoms with E-state index in [1.54, 1.807) is 30.3 Å². The molecule has 3 fully saturated rings. The maximum atomic E-state index is 15.4. The van der Waals surface area contributed by atoms with Gasteiger partial charge in [-0.1, -0.05) is 83.9 Å². The van der Waals surface area contributed by atoms with Gasteiger partial charge < -0.3 is 14.9 Å². The molecule has 53 heavy (non-hydrogen) atoms. The van der Waals surface area contributed by atoms with Crippen molar-refractivity contribution in [2.75, 3.05) is 23.5 Å². The number of anilines is 2. The third kappa shape index (κ3) is 5.25. The zero-order valence-electron chi connectivity index (χ0n) is 28.8. The van der Waals surface area contributed by atoms with Crippen molar-refractivity contribution < 1.29 is 38.9 Å². The molecule has 4 aromatic carbocycles. The number of aliphatic hydroxyl groups excluding tert-OH is 1. The van der Waals surface area contributed by atoms with Crippen LogP contribution in [-0.2, 0) is 24.6 Å². The van der Waals surface area contributed by atoms with Crippen LogP contribution in [0.2, 0.25) is 0 Å². The van der Waals surface area contributed by atoms with Crippen molar-refractivity contribution >= 4 is 41.0 Å². The van der Waals surface area contributed by atoms with E-state index >= 15 is 4.79 Å². The Morgan fingerprint density at radius 3 is 2.34 bits per heavy atom. The van der Waals surface area contributed by atoms with Crippen molar-refractivity contribution in [2.45, 2.75) is 31.1 Å². The molecule has 1 saturated carbocycles. The molecule has 0 spiro atoms. The number of carboxylic acid groups (broad SMARTS) is 1. The molecule has 11 nitrogen and oxygen atoms in total. The van der Waals surface area contributed by atoms with Crippen LogP contribution in [0.5, 0.6) is 5.75 Å². The van der Waals surface area contributed by atoms with Crippen LogP contribution in [-0.4, -0.2) is 58.0 Å². The number of nitrogens with one attached hydrogen (secondary N) is 1. The first-order chi connectivity index (χ1) is 25.7. The molecule has 4 aromatic rings. The normalized spacial score (nSPS) is 26.2. The lowest BCUT2D eigenvalue weighted by molar-refractivity contribution is -0.138. The number of hydrogen-bond donors (Lipinski definition) is 3. The maximum absolute atomic E-state index is 15.4. The van der Waals surface area contributed by atoms with Gasteiger partial charge in [0.15, 0.2) is 0 Å². The van der Waals surface area contributed by atoms with E-state index in [-0.39, 0.29) is 37.3 Å². The Morgan fingerprint density at radius 2 is 1.60 bits per heavy atom. The van der Waals surface area contributed by atoms with Gasteiger partial charge in [-0.3, -0.25) is 29.5 Å². The Kier molecular flexibility index (Phi) is 8.45. The van der Waals surface area contributed by atoms with Gasteiger partial charge in [-0.05, 0) is 67.6 Å². The van der Waals surface area contributed by atoms with Crippen molar-refractivity contribution in [3.63, 3.8) is 0 Å². The molecule has 11 heteroatoms. The van der Waals surface area contributed by atoms with E-state index in [0.717, 1.165) is 21.0 Å². The first kappa shape index (κ1) is 34.0. The smallest absolute Gasteiger partial charge is 0.335 e. The summed E-state index contributed by atoms with van der Waals surface area (Å²) >= 11 is 0. The van der Waals surface area contributed by atoms with Gasteiger partial charge in [-0.25, -0.2) is 4.79 Å². The lowest BCUT2D eigenvalue weighted by Gasteiger charge is -2.50. The zero-order chi connectivity index (χ0) is 37.0. The number of nitrogens with zero attached hydrogens (tertiary/aromatic N) is 2. The number of aromatic carboxylic acids is 1. The quantitative estimate of drug-likeness (QED) is 0.156. The third-order valence-corrected chi connectivity index (χ3v) is 11.3. The number of ether oxygens (including phenoxy) is 1. The van der Waals surface area contributed by atoms with E-state index in [4.69, 9.17) is 4.74 Å². The lowest BCUT2D eigenvalue weighted by Crippen LogP contribution is -2.53. The molecule has 6 atom stereocenters. The number of fused-ring (bicyclic) bond motifs is 4. The molecule has 0 radical (unpaired) electrons. The molecule has 4 aliphatic rings. The highest BCUT2D eigenvalue weighted by Crippen LogP contribution is 2.65. The fourth-order valence-electron chi connectivity index (χ4n) is 9.13. The van der Waals surface area contributed by atoms with Crippen LogP contribution >= 0.6 is 0 Å². The highest BCUT2D eigenvalue weighted by atomic mass is 16.5. The van der Waals surface area contributed by atoms with Gasteiger partial charge >= 0.3 is 5.97 Å². The van der Waals surface area contributed by atoms with Gasteiger partial charge in [0.2, 0.25) is 11.8 Å². The highest BCUT2D eigenvalue weighted by Gasteiger charge is 2.70. The number of carbonyl (C=O) groups excluding carboxylic acids is 4. The summed E-state index contributed by atoms with van der Waals surface area (Å²) in [4.78, 5) is 71.8. The maximum Gasteiger partial charge on any atom is 0.335 e. The van der Waals surface area contributed by atoms with Crippen LogP contribution in [0.25, 0.3) is 0 Å². The molecule has 2 aliphatic heterocycles. The minimum Gasteiger partial charge on any atom is -0.491 e. The van der Waals surface area contributed by atoms with Crippen LogP contribution in [0.15, 0.2) is 115 Å². The number of carbonyl (C=O) groups is 5. The van der Waals surface area contributed by atoms with Crippen molar-refractivity contribution in [1.82, 2.24) is 5.01 Å². The summed E-state index contributed by atoms with van der Waals surface area (Å²) in [5.74, 6) is -6.57. The molecular weight excluding hydrogens is 674 g/mol. The first-order valence-electron chi connectivity index (χ1n) is 17.7. The summed E-state index contributed by atoms with van der Waals surface area (Å²) in [6, 6.07) is 29.6. The van der Waals surface area contributed by atoms with Gasteiger partial charge in [-0.15, -0.1) is 0 Å². The number of rotatable bonds is 9. The Bertz CT molecular complexity index is 2180. The molecule has 0 bridgehead atoms. The van der Waals surface area contributed by atoms with E-state index in [9.17, 15) is 29.4 Å². The Balaban J connectivity index is 1.32. The minimum absolute atomic E-state index is 0.00991. The van der Waals surface area contributed by atoms with Crippen molar-refractivity contribution in [1.29, 1.82) is 0 Å². The highest BCUT2D eigenvalue weighted by molar-refractivity contribution is 6.23. The molecule has 2 heterocycles. The zero-order valence-corrected chi connectivity index (χ0v) is 28.8. The van der Waals surface area contributed by atoms with Crippen LogP contribution in [0.4, 0.5) is 11.4 Å². The molecule has 4 amide bonds. The average Bonchev–Trinajstić information content (AvgIpc) is 3.56. The molecule has 268 valence electrons. The molecule has 2 saturated heterocycles. The van der Waals surface area contributed by atoms with Crippen LogP contribution in [0.3, 0.4) is 0 Å². The number of hydrazine groups is 1. The van der Waals surface area contributed by atoms with Crippen LogP contribution < -0.4 is 15.1 Å². The fourth-order valence-corrected chi connectivity index (χ4v) is 9.13. The Morgan fingerprint density at radius 1 is 0.868 bits per heavy atom. The summed E-state index contributed by atoms with van der Waals surface area (Å²) in [7, 11) is 0. The average molecular weight is 712 g/mol. The molecule has 0 aromatic heterocycles. The Hall–Kier alpha value is -6.07. The Labute approximate surface area is 305 Å². The molecule has 8 rings (SSSR count). The third-order valence-electron chi connectivity index (χ3n) is 11.3. The topological polar surface area (TPSA) is 154 Å². The lowest BCUT2D eigenvalue weighted by atomic mass is 9.49. The van der Waals surface area contributed by atoms with E-state index < -0.39 is 64.6 Å². The second kappa shape index (κ2) is 13.2. The first-order valence-corrected chi connectivity index (χ1v) is 17.7. The number of allylic oxidation sites excluding steroid dienone is 2. The van der Waals surface area contributed by atoms with Gasteiger partial charge in [0.05, 0.1) is 46.7 Å². The van der Waals surface area contributed by atoms with Gasteiger partial charge in [0.1, 0.15) is 12.4 Å². The van der Waals surface area contributed by atoms with Gasteiger partial charge in [0.25, 0.3) is 11.8 Å². The molecule has 3 N–H and O–H groups in total. The van der Waals surface area contributed by atoms with E-state index in [1.807, 2.05) is 67.6 Å². The second-order valence-electron chi connectivity index (χ2n) is 14.1. The number of para-hydroxylation sites is 1. The summed E-state index contributed by atoms with van der Waals surface area (Å²) in [6.07, 6.45) is 2.27. The standard InChI is InChI=1S/C42H37N3O8/c1-24-14-16-27(17-15-24)43-45-38(48)33-23-32-29(18-19-31-35(32)39(49)44(37(31)47)28-11-7-8-25(22-28)40(50)51)36(30-12-5-6-13-34(30)53-21-20-46)42(33,41(45)52)26-9-3-2-4-10-26/h2-18,22,31-33,35-36,43,46H,19-21,23H2,1H3,(H,50,51)/t31-,32+,33-,35-,36+,42+/m0/s1. The number of aryl methyl sites for hydroxylation is 1. The van der Waals surface area contributed by atoms with Gasteiger partial charge in [-0.2, -0.15) is 5.01 Å². The molecule has 0 unspecified atom stereocenters. The summed E-state index contributed by atoms with van der Waals surface area (Å²) in [5.41, 5.74) is 5.29. The fraction of sp³-hybridized carbons (Fsp3) is 0.262. The number of amides is 4. The van der Waals surface area contributed by atoms with Crippen molar-refractivity contribution in [3.8, 4) is 5.75 Å². The largest absolute Gasteiger partial charge is 0.491 e. The summed E-state index contributed by atoms with van der Waals surface area (Å²) in [6.45, 7) is 1.68. The van der Waals surface area contributed by atoms with Crippen molar-refractivity contribution in [2.24, 2.45) is 23.7 Å². The van der Waals surface area contributed by atoms with Crippen LogP contribution in [0, 0.1) is 30.6 Å². The predicted octanol–water partition coefficient (Wildman–Crippen LogP) is 5.25. The van der Waals surface area contributed by atoms with E-state index in [2.05, 4.69) is 5.43 Å². The SMILES string of the molecule is Cc1ccc(NN2C(=O)[C@@H]3C[C@@H]4C(=CC[C@@H]5C(=O)N(c6cccc(C(=O)O)c6)C(=O)[C@@H]54)[C@H](c4ccccc4OCCO)[C@]3(c3ccccc3)C2=O)cc1. The summed E-state index contributed by atoms with van der Waals surface area (Å²) < 4.78 is 6.09. The van der Waals surface area contributed by atoms with E-state index in [1.165, 1.54) is 18.2 Å². The number of benzene rings is 4. The number of carboxylic acids is 1. The van der Waals surface area contributed by atoms with Crippen LogP contribution in [0.1, 0.15) is 45.8 Å². The molecule has 2 aliphatic carbocycles. The minimum atomic E-state index is -1.48. The number of hydrogen-bond acceptors (Lipinski definition) is 8. The second-order valence-corrected chi connectivity index (χ2v) is 14.1. The predicted molar refractivity (Wildman–Crippen MR) is 194 cm³/mol.